The number of amides is 1. The summed E-state index contributed by atoms with van der Waals surface area (Å²) in [4.78, 5) is 23.2. The molecule has 0 heterocycles. The Hall–Kier alpha value is -1.94. The number of carbonyl (C=O) groups excluding carboxylic acids is 1. The van der Waals surface area contributed by atoms with Crippen molar-refractivity contribution in [1.29, 1.82) is 0 Å². The first-order chi connectivity index (χ1) is 11.6. The molecule has 0 unspecified atom stereocenters. The van der Waals surface area contributed by atoms with Gasteiger partial charge >= 0.3 is 12.1 Å². The fourth-order valence-electron chi connectivity index (χ4n) is 2.03. The third-order valence-corrected chi connectivity index (χ3v) is 4.03. The van der Waals surface area contributed by atoms with Gasteiger partial charge in [0.25, 0.3) is 0 Å². The number of aromatic hydroxyl groups is 1. The molecule has 2 atom stereocenters. The number of benzene rings is 1. The summed E-state index contributed by atoms with van der Waals surface area (Å²) in [6.45, 7) is 0. The van der Waals surface area contributed by atoms with E-state index >= 15 is 0 Å². The zero-order valence-corrected chi connectivity index (χ0v) is 14.2. The Bertz CT molecular complexity index is 625. The molecule has 5 N–H and O–H groups in total. The maximum Gasteiger partial charge on any atom is 0.419 e. The average Bonchev–Trinajstić information content (AvgIpc) is 2.52. The molecular formula is C15H19F3N2O4S. The molecule has 1 rings (SSSR count). The number of aliphatic carboxylic acids is 1. The van der Waals surface area contributed by atoms with Crippen molar-refractivity contribution in [3.63, 3.8) is 0 Å². The van der Waals surface area contributed by atoms with Crippen LogP contribution < -0.4 is 11.1 Å². The van der Waals surface area contributed by atoms with Gasteiger partial charge in [-0.2, -0.15) is 24.9 Å². The molecular weight excluding hydrogens is 360 g/mol. The Kier molecular flexibility index (Phi) is 7.56. The summed E-state index contributed by atoms with van der Waals surface area (Å²) in [6.07, 6.45) is -2.98. The molecule has 140 valence electrons. The second-order valence-corrected chi connectivity index (χ2v) is 6.33. The van der Waals surface area contributed by atoms with Gasteiger partial charge in [0.1, 0.15) is 11.8 Å². The minimum absolute atomic E-state index is 0.00973. The quantitative estimate of drug-likeness (QED) is 0.546. The lowest BCUT2D eigenvalue weighted by molar-refractivity contribution is -0.142. The molecule has 1 aromatic carbocycles. The maximum atomic E-state index is 12.8. The fourth-order valence-corrected chi connectivity index (χ4v) is 2.52. The number of carboxylic acid groups (broad SMARTS) is 1. The Morgan fingerprint density at radius 1 is 1.36 bits per heavy atom. The molecule has 0 saturated carbocycles. The standard InChI is InChI=1S/C15H19F3N2O4S/c1-25-5-4-10(19)13(22)20-11(14(23)24)7-8-2-3-12(21)9(6-8)15(16,17)18/h2-3,6,10-11,21H,4-5,7,19H2,1H3,(H,20,22)(H,23,24)/t10-,11-/m0/s1/i16-1. The summed E-state index contributed by atoms with van der Waals surface area (Å²) in [5.41, 5.74) is 4.39. The summed E-state index contributed by atoms with van der Waals surface area (Å²) in [7, 11) is 0. The van der Waals surface area contributed by atoms with Crippen LogP contribution >= 0.6 is 11.8 Å². The van der Waals surface area contributed by atoms with Crippen molar-refractivity contribution >= 4 is 23.6 Å². The molecule has 25 heavy (non-hydrogen) atoms. The third-order valence-electron chi connectivity index (χ3n) is 3.39. The van der Waals surface area contributed by atoms with Crippen molar-refractivity contribution in [2.24, 2.45) is 5.73 Å². The second-order valence-electron chi connectivity index (χ2n) is 5.34. The van der Waals surface area contributed by atoms with Crippen LogP contribution in [0.15, 0.2) is 18.2 Å². The third kappa shape index (κ3) is 6.46. The molecule has 0 spiro atoms. The number of rotatable bonds is 8. The van der Waals surface area contributed by atoms with Crippen LogP contribution in [0.4, 0.5) is 13.2 Å². The van der Waals surface area contributed by atoms with Crippen molar-refractivity contribution < 1.29 is 33.0 Å². The highest BCUT2D eigenvalue weighted by Gasteiger charge is 2.34. The summed E-state index contributed by atoms with van der Waals surface area (Å²) in [6, 6.07) is 0.326. The first kappa shape index (κ1) is 21.1. The molecule has 0 radical (unpaired) electrons. The summed E-state index contributed by atoms with van der Waals surface area (Å²) >= 11 is 1.47. The summed E-state index contributed by atoms with van der Waals surface area (Å²) in [5, 5.41) is 20.7. The van der Waals surface area contributed by atoms with Gasteiger partial charge in [-0.1, -0.05) is 6.07 Å². The highest BCUT2D eigenvalue weighted by atomic mass is 32.2. The first-order valence-corrected chi connectivity index (χ1v) is 8.62. The molecule has 0 bridgehead atoms. The van der Waals surface area contributed by atoms with E-state index < -0.39 is 41.4 Å². The monoisotopic (exact) mass is 379 g/mol. The highest BCUT2D eigenvalue weighted by Crippen LogP contribution is 2.36. The number of nitrogens with two attached hydrogens (primary N) is 1. The maximum absolute atomic E-state index is 12.8. The van der Waals surface area contributed by atoms with E-state index in [4.69, 9.17) is 5.73 Å². The van der Waals surface area contributed by atoms with E-state index in [2.05, 4.69) is 5.32 Å². The predicted octanol–water partition coefficient (Wildman–Crippen LogP) is 1.60. The number of carboxylic acids is 1. The fraction of sp³-hybridized carbons (Fsp3) is 0.467. The van der Waals surface area contributed by atoms with Gasteiger partial charge < -0.3 is 21.3 Å². The number of phenols is 1. The van der Waals surface area contributed by atoms with Crippen LogP contribution in [0, 0.1) is 0 Å². The van der Waals surface area contributed by atoms with Gasteiger partial charge in [0.05, 0.1) is 11.6 Å². The predicted molar refractivity (Wildman–Crippen MR) is 87.4 cm³/mol. The highest BCUT2D eigenvalue weighted by molar-refractivity contribution is 7.98. The first-order valence-electron chi connectivity index (χ1n) is 7.23. The summed E-state index contributed by atoms with van der Waals surface area (Å²) < 4.78 is 38.4. The van der Waals surface area contributed by atoms with Crippen LogP contribution in [0.3, 0.4) is 0 Å². The summed E-state index contributed by atoms with van der Waals surface area (Å²) in [5.74, 6) is -2.42. The average molecular weight is 379 g/mol. The van der Waals surface area contributed by atoms with Crippen molar-refractivity contribution in [2.75, 3.05) is 12.0 Å². The van der Waals surface area contributed by atoms with Gasteiger partial charge in [0.15, 0.2) is 0 Å². The molecule has 0 aliphatic rings. The van der Waals surface area contributed by atoms with Crippen LogP contribution in [0.1, 0.15) is 17.5 Å². The number of thioether (sulfide) groups is 1. The zero-order valence-electron chi connectivity index (χ0n) is 13.3. The number of nitrogens with one attached hydrogen (secondary N) is 1. The largest absolute Gasteiger partial charge is 0.507 e. The number of phenolic OH excluding ortho intramolecular Hbond substituents is 1. The molecule has 1 aromatic rings. The molecule has 0 aliphatic heterocycles. The molecule has 0 aliphatic carbocycles. The van der Waals surface area contributed by atoms with Crippen LogP contribution in [0.2, 0.25) is 0 Å². The smallest absolute Gasteiger partial charge is 0.419 e. The topological polar surface area (TPSA) is 113 Å². The van der Waals surface area contributed by atoms with E-state index in [1.807, 2.05) is 6.26 Å². The Morgan fingerprint density at radius 3 is 2.52 bits per heavy atom. The van der Waals surface area contributed by atoms with Gasteiger partial charge in [-0.05, 0) is 36.1 Å². The van der Waals surface area contributed by atoms with E-state index in [9.17, 15) is 33.0 Å². The Morgan fingerprint density at radius 2 is 2.00 bits per heavy atom. The SMILES string of the molecule is CSCC[C@H](N)C(=O)N[C@@H](Cc1ccc(O)c(C(F)(F)[18F])c1)C(=O)O. The molecule has 10 heteroatoms. The molecule has 0 fully saturated rings. The Balaban J connectivity index is 2.89. The lowest BCUT2D eigenvalue weighted by Crippen LogP contribution is -2.49. The molecule has 0 aromatic heterocycles. The van der Waals surface area contributed by atoms with Gasteiger partial charge in [-0.25, -0.2) is 4.79 Å². The van der Waals surface area contributed by atoms with Crippen LogP contribution in [-0.4, -0.2) is 46.2 Å². The van der Waals surface area contributed by atoms with Crippen molar-refractivity contribution in [2.45, 2.75) is 31.1 Å². The van der Waals surface area contributed by atoms with E-state index in [0.29, 0.717) is 18.2 Å². The van der Waals surface area contributed by atoms with Gasteiger partial charge in [-0.15, -0.1) is 0 Å². The van der Waals surface area contributed by atoms with Crippen LogP contribution in [0.25, 0.3) is 0 Å². The minimum atomic E-state index is -4.78. The van der Waals surface area contributed by atoms with Crippen LogP contribution in [-0.2, 0) is 22.2 Å². The molecule has 6 nitrogen and oxygen atoms in total. The van der Waals surface area contributed by atoms with Crippen molar-refractivity contribution in [3.05, 3.63) is 29.3 Å². The van der Waals surface area contributed by atoms with E-state index in [1.54, 1.807) is 0 Å². The lowest BCUT2D eigenvalue weighted by Gasteiger charge is -2.18. The number of carbonyl (C=O) groups is 2. The van der Waals surface area contributed by atoms with Gasteiger partial charge in [0.2, 0.25) is 5.91 Å². The lowest BCUT2D eigenvalue weighted by atomic mass is 10.0. The molecule has 0 saturated heterocycles. The minimum Gasteiger partial charge on any atom is -0.507 e. The van der Waals surface area contributed by atoms with Crippen LogP contribution in [0.5, 0.6) is 5.75 Å². The van der Waals surface area contributed by atoms with Gasteiger partial charge in [0, 0.05) is 6.42 Å². The number of hydrogen-bond donors (Lipinski definition) is 4. The number of halogens is 3. The van der Waals surface area contributed by atoms with E-state index in [0.717, 1.165) is 6.07 Å². The molecule has 1 amide bonds. The second kappa shape index (κ2) is 8.95. The van der Waals surface area contributed by atoms with Gasteiger partial charge in [-0.3, -0.25) is 4.79 Å². The normalized spacial score (nSPS) is 14.0. The van der Waals surface area contributed by atoms with E-state index in [1.165, 1.54) is 17.8 Å². The van der Waals surface area contributed by atoms with E-state index in [-0.39, 0.29) is 12.0 Å². The number of alkyl halides is 3. The zero-order chi connectivity index (χ0) is 19.2. The van der Waals surface area contributed by atoms with Crippen molar-refractivity contribution in [1.82, 2.24) is 5.32 Å². The number of hydrogen-bond acceptors (Lipinski definition) is 5. The van der Waals surface area contributed by atoms with Crippen molar-refractivity contribution in [3.8, 4) is 5.75 Å². The Labute approximate surface area is 146 Å².